The molecule has 2 N–H and O–H groups in total. The number of carbonyl (C=O) groups is 1. The minimum Gasteiger partial charge on any atom is -0.324 e. The summed E-state index contributed by atoms with van der Waals surface area (Å²) < 4.78 is 12.5. The molecule has 5 heteroatoms. The molecule has 0 saturated heterocycles. The molecule has 0 saturated carbocycles. The van der Waals surface area contributed by atoms with Crippen LogP contribution in [0.1, 0.15) is 10.4 Å². The third kappa shape index (κ3) is 2.95. The topological polar surface area (TPSA) is 43.1 Å². The molecule has 0 aliphatic carbocycles. The minimum absolute atomic E-state index is 0. The Labute approximate surface area is 86.3 Å². The van der Waals surface area contributed by atoms with Crippen LogP contribution in [0.25, 0.3) is 0 Å². The highest BCUT2D eigenvalue weighted by Gasteiger charge is 2.08. The quantitative estimate of drug-likeness (QED) is 0.781. The van der Waals surface area contributed by atoms with Crippen molar-refractivity contribution in [3.8, 4) is 0 Å². The number of carbonyl (C=O) groups excluding carboxylic acids is 1. The summed E-state index contributed by atoms with van der Waals surface area (Å²) in [5.74, 6) is -0.756. The Morgan fingerprint density at radius 2 is 2.15 bits per heavy atom. The van der Waals surface area contributed by atoms with Crippen LogP contribution in [0.2, 0.25) is 5.02 Å². The van der Waals surface area contributed by atoms with Crippen LogP contribution in [0.5, 0.6) is 0 Å². The predicted molar refractivity (Wildman–Crippen MR) is 52.0 cm³/mol. The molecule has 1 aromatic rings. The normalized spacial score (nSPS) is 9.15. The molecule has 0 heterocycles. The molecule has 0 aromatic heterocycles. The Kier molecular flexibility index (Phi) is 4.91. The highest BCUT2D eigenvalue weighted by atomic mass is 35.5. The molecule has 0 spiro atoms. The summed E-state index contributed by atoms with van der Waals surface area (Å²) in [4.78, 5) is 11.0. The van der Waals surface area contributed by atoms with Gasteiger partial charge >= 0.3 is 0 Å². The summed E-state index contributed by atoms with van der Waals surface area (Å²) in [7, 11) is 0. The van der Waals surface area contributed by atoms with Crippen LogP contribution in [-0.4, -0.2) is 12.3 Å². The number of ketones is 1. The number of Topliss-reactive ketones (excluding diaryl/α,β-unsaturated/α-hetero) is 1. The molecule has 0 aliphatic heterocycles. The SMILES string of the molecule is Cl.NCC(=O)c1ccc(F)cc1Cl. The van der Waals surface area contributed by atoms with E-state index in [0.717, 1.165) is 6.07 Å². The highest BCUT2D eigenvalue weighted by molar-refractivity contribution is 6.34. The Morgan fingerprint density at radius 1 is 1.54 bits per heavy atom. The highest BCUT2D eigenvalue weighted by Crippen LogP contribution is 2.17. The Hall–Kier alpha value is -0.640. The van der Waals surface area contributed by atoms with Crippen molar-refractivity contribution in [2.75, 3.05) is 6.54 Å². The first kappa shape index (κ1) is 12.4. The first-order valence-electron chi connectivity index (χ1n) is 3.33. The minimum atomic E-state index is -0.464. The zero-order valence-electron chi connectivity index (χ0n) is 6.59. The van der Waals surface area contributed by atoms with E-state index in [1.54, 1.807) is 0 Å². The van der Waals surface area contributed by atoms with Crippen LogP contribution in [0, 0.1) is 5.82 Å². The van der Waals surface area contributed by atoms with Crippen LogP contribution >= 0.6 is 24.0 Å². The van der Waals surface area contributed by atoms with Gasteiger partial charge in [-0.3, -0.25) is 4.79 Å². The number of hydrogen-bond donors (Lipinski definition) is 1. The molecule has 2 nitrogen and oxygen atoms in total. The van der Waals surface area contributed by atoms with E-state index in [1.165, 1.54) is 12.1 Å². The second-order valence-corrected chi connectivity index (χ2v) is 2.66. The standard InChI is InChI=1S/C8H7ClFNO.ClH/c9-7-3-5(10)1-2-6(7)8(12)4-11;/h1-3H,4,11H2;1H. The van der Waals surface area contributed by atoms with E-state index in [9.17, 15) is 9.18 Å². The molecule has 1 rings (SSSR count). The first-order valence-corrected chi connectivity index (χ1v) is 3.71. The Bertz CT molecular complexity index is 317. The monoisotopic (exact) mass is 223 g/mol. The second kappa shape index (κ2) is 5.17. The zero-order valence-corrected chi connectivity index (χ0v) is 8.16. The molecular formula is C8H8Cl2FNO. The van der Waals surface area contributed by atoms with Crippen molar-refractivity contribution in [3.05, 3.63) is 34.6 Å². The molecule has 0 amide bonds. The molecule has 0 fully saturated rings. The van der Waals surface area contributed by atoms with Crippen LogP contribution in [0.3, 0.4) is 0 Å². The third-order valence-corrected chi connectivity index (χ3v) is 1.73. The van der Waals surface area contributed by atoms with E-state index in [0.29, 0.717) is 0 Å². The van der Waals surface area contributed by atoms with Gasteiger partial charge in [0.2, 0.25) is 0 Å². The van der Waals surface area contributed by atoms with Gasteiger partial charge in [0.05, 0.1) is 11.6 Å². The summed E-state index contributed by atoms with van der Waals surface area (Å²) in [6, 6.07) is 3.59. The van der Waals surface area contributed by atoms with Crippen LogP contribution in [0.4, 0.5) is 4.39 Å². The molecule has 0 aliphatic rings. The maximum atomic E-state index is 12.5. The molecular weight excluding hydrogens is 216 g/mol. The van der Waals surface area contributed by atoms with Gasteiger partial charge < -0.3 is 5.73 Å². The average molecular weight is 224 g/mol. The van der Waals surface area contributed by atoms with Crippen molar-refractivity contribution in [2.45, 2.75) is 0 Å². The molecule has 13 heavy (non-hydrogen) atoms. The molecule has 0 bridgehead atoms. The summed E-state index contributed by atoms with van der Waals surface area (Å²) in [6.07, 6.45) is 0. The summed E-state index contributed by atoms with van der Waals surface area (Å²) in [5, 5.41) is 0.102. The van der Waals surface area contributed by atoms with E-state index in [1.807, 2.05) is 0 Å². The fraction of sp³-hybridized carbons (Fsp3) is 0.125. The maximum absolute atomic E-state index is 12.5. The lowest BCUT2D eigenvalue weighted by Gasteiger charge is -1.99. The lowest BCUT2D eigenvalue weighted by molar-refractivity contribution is 0.100. The summed E-state index contributed by atoms with van der Waals surface area (Å²) in [6.45, 7) is -0.120. The summed E-state index contributed by atoms with van der Waals surface area (Å²) in [5.41, 5.74) is 5.37. The number of halogens is 3. The largest absolute Gasteiger partial charge is 0.324 e. The lowest BCUT2D eigenvalue weighted by Crippen LogP contribution is -2.13. The van der Waals surface area contributed by atoms with E-state index in [-0.39, 0.29) is 35.3 Å². The zero-order chi connectivity index (χ0) is 9.14. The molecule has 0 atom stereocenters. The average Bonchev–Trinajstić information content (AvgIpc) is 2.03. The maximum Gasteiger partial charge on any atom is 0.177 e. The predicted octanol–water partition coefficient (Wildman–Crippen LogP) is 2.04. The van der Waals surface area contributed by atoms with Gasteiger partial charge in [-0.05, 0) is 18.2 Å². The van der Waals surface area contributed by atoms with Crippen molar-refractivity contribution < 1.29 is 9.18 Å². The van der Waals surface area contributed by atoms with Crippen molar-refractivity contribution in [3.63, 3.8) is 0 Å². The fourth-order valence-corrected chi connectivity index (χ4v) is 1.10. The van der Waals surface area contributed by atoms with Gasteiger partial charge in [-0.1, -0.05) is 11.6 Å². The molecule has 0 radical (unpaired) electrons. The van der Waals surface area contributed by atoms with Gasteiger partial charge in [0.15, 0.2) is 5.78 Å². The van der Waals surface area contributed by atoms with Gasteiger partial charge in [0.1, 0.15) is 5.82 Å². The van der Waals surface area contributed by atoms with Gasteiger partial charge in [-0.2, -0.15) is 0 Å². The van der Waals surface area contributed by atoms with Crippen molar-refractivity contribution in [1.82, 2.24) is 0 Å². The Morgan fingerprint density at radius 3 is 2.62 bits per heavy atom. The van der Waals surface area contributed by atoms with Crippen molar-refractivity contribution in [1.29, 1.82) is 0 Å². The second-order valence-electron chi connectivity index (χ2n) is 2.25. The molecule has 1 aromatic carbocycles. The fourth-order valence-electron chi connectivity index (χ4n) is 0.826. The Balaban J connectivity index is 0.00000144. The molecule has 72 valence electrons. The smallest absolute Gasteiger partial charge is 0.177 e. The van der Waals surface area contributed by atoms with Crippen molar-refractivity contribution >= 4 is 29.8 Å². The van der Waals surface area contributed by atoms with Gasteiger partial charge in [0, 0.05) is 5.56 Å². The number of hydrogen-bond acceptors (Lipinski definition) is 2. The lowest BCUT2D eigenvalue weighted by atomic mass is 10.1. The van der Waals surface area contributed by atoms with Crippen LogP contribution in [0.15, 0.2) is 18.2 Å². The van der Waals surface area contributed by atoms with E-state index in [4.69, 9.17) is 17.3 Å². The summed E-state index contributed by atoms with van der Waals surface area (Å²) >= 11 is 5.59. The molecule has 0 unspecified atom stereocenters. The van der Waals surface area contributed by atoms with Gasteiger partial charge in [0.25, 0.3) is 0 Å². The third-order valence-electron chi connectivity index (χ3n) is 1.42. The number of rotatable bonds is 2. The van der Waals surface area contributed by atoms with E-state index >= 15 is 0 Å². The van der Waals surface area contributed by atoms with Gasteiger partial charge in [-0.25, -0.2) is 4.39 Å². The first-order chi connectivity index (χ1) is 5.65. The van der Waals surface area contributed by atoms with Crippen LogP contribution < -0.4 is 5.73 Å². The van der Waals surface area contributed by atoms with Gasteiger partial charge in [-0.15, -0.1) is 12.4 Å². The van der Waals surface area contributed by atoms with Crippen LogP contribution in [-0.2, 0) is 0 Å². The number of benzene rings is 1. The number of nitrogens with two attached hydrogens (primary N) is 1. The van der Waals surface area contributed by atoms with E-state index in [2.05, 4.69) is 0 Å². The van der Waals surface area contributed by atoms with E-state index < -0.39 is 5.82 Å². The van der Waals surface area contributed by atoms with Crippen molar-refractivity contribution in [2.24, 2.45) is 5.73 Å².